The second kappa shape index (κ2) is 7.47. The van der Waals surface area contributed by atoms with Crippen molar-refractivity contribution in [3.63, 3.8) is 0 Å². The van der Waals surface area contributed by atoms with Crippen molar-refractivity contribution in [2.24, 2.45) is 0 Å². The van der Waals surface area contributed by atoms with Crippen LogP contribution in [0.25, 0.3) is 5.52 Å². The Morgan fingerprint density at radius 2 is 1.92 bits per heavy atom. The largest absolute Gasteiger partial charge is 0.497 e. The van der Waals surface area contributed by atoms with Crippen LogP contribution in [0.5, 0.6) is 5.75 Å². The van der Waals surface area contributed by atoms with Gasteiger partial charge in [0, 0.05) is 31.5 Å². The van der Waals surface area contributed by atoms with E-state index in [9.17, 15) is 0 Å². The summed E-state index contributed by atoms with van der Waals surface area (Å²) >= 11 is 0. The van der Waals surface area contributed by atoms with E-state index in [0.717, 1.165) is 23.4 Å². The molecule has 3 aromatic rings. The second-order valence-corrected chi connectivity index (χ2v) is 5.80. The third-order valence-corrected chi connectivity index (χ3v) is 4.27. The van der Waals surface area contributed by atoms with E-state index in [1.54, 1.807) is 14.2 Å². The molecule has 0 radical (unpaired) electrons. The standard InChI is InChI=1S/C19H23N3O2/c1-14(19(24-3)15-7-9-17(23-2)10-8-15)20-12-16-13-21-22-11-5-4-6-18(16)22/h4-11,13-14,19-20H,12H2,1-3H3/t14-,19+/m1/s1. The summed E-state index contributed by atoms with van der Waals surface area (Å²) < 4.78 is 12.8. The molecule has 1 aromatic carbocycles. The maximum atomic E-state index is 5.70. The number of fused-ring (bicyclic) bond motifs is 1. The van der Waals surface area contributed by atoms with E-state index in [1.165, 1.54) is 5.56 Å². The number of ether oxygens (including phenoxy) is 2. The molecule has 2 atom stereocenters. The van der Waals surface area contributed by atoms with Crippen molar-refractivity contribution in [2.75, 3.05) is 14.2 Å². The van der Waals surface area contributed by atoms with Crippen LogP contribution in [0.4, 0.5) is 0 Å². The molecule has 24 heavy (non-hydrogen) atoms. The van der Waals surface area contributed by atoms with Crippen LogP contribution in [-0.2, 0) is 11.3 Å². The van der Waals surface area contributed by atoms with Gasteiger partial charge in [-0.1, -0.05) is 18.2 Å². The zero-order valence-electron chi connectivity index (χ0n) is 14.3. The van der Waals surface area contributed by atoms with Gasteiger partial charge in [0.1, 0.15) is 5.75 Å². The Morgan fingerprint density at radius 1 is 1.12 bits per heavy atom. The van der Waals surface area contributed by atoms with Gasteiger partial charge in [0.25, 0.3) is 0 Å². The minimum atomic E-state index is -0.0299. The number of pyridine rings is 1. The Hall–Kier alpha value is -2.37. The lowest BCUT2D eigenvalue weighted by molar-refractivity contribution is 0.0729. The van der Waals surface area contributed by atoms with Crippen LogP contribution in [0.2, 0.25) is 0 Å². The van der Waals surface area contributed by atoms with Crippen molar-refractivity contribution in [1.82, 2.24) is 14.9 Å². The third-order valence-electron chi connectivity index (χ3n) is 4.27. The van der Waals surface area contributed by atoms with Gasteiger partial charge in [-0.3, -0.25) is 0 Å². The summed E-state index contributed by atoms with van der Waals surface area (Å²) in [6.45, 7) is 2.87. The van der Waals surface area contributed by atoms with Gasteiger partial charge in [0.05, 0.1) is 24.9 Å². The molecule has 0 aliphatic carbocycles. The van der Waals surface area contributed by atoms with Crippen molar-refractivity contribution < 1.29 is 9.47 Å². The first-order valence-electron chi connectivity index (χ1n) is 8.04. The first-order valence-corrected chi connectivity index (χ1v) is 8.04. The maximum Gasteiger partial charge on any atom is 0.118 e. The summed E-state index contributed by atoms with van der Waals surface area (Å²) in [5.41, 5.74) is 3.42. The normalized spacial score (nSPS) is 13.8. The van der Waals surface area contributed by atoms with E-state index in [0.29, 0.717) is 0 Å². The quantitative estimate of drug-likeness (QED) is 0.725. The van der Waals surface area contributed by atoms with Gasteiger partial charge in [-0.05, 0) is 36.8 Å². The molecule has 1 N–H and O–H groups in total. The lowest BCUT2D eigenvalue weighted by Crippen LogP contribution is -2.32. The van der Waals surface area contributed by atoms with Crippen LogP contribution < -0.4 is 10.1 Å². The molecule has 0 bridgehead atoms. The Bertz CT molecular complexity index is 783. The number of hydrogen-bond donors (Lipinski definition) is 1. The Morgan fingerprint density at radius 3 is 2.62 bits per heavy atom. The minimum Gasteiger partial charge on any atom is -0.497 e. The zero-order valence-corrected chi connectivity index (χ0v) is 14.3. The molecule has 5 nitrogen and oxygen atoms in total. The van der Waals surface area contributed by atoms with Crippen molar-refractivity contribution >= 4 is 5.52 Å². The minimum absolute atomic E-state index is 0.0299. The van der Waals surface area contributed by atoms with Crippen LogP contribution in [0.3, 0.4) is 0 Å². The SMILES string of the molecule is COc1ccc([C@@H](OC)[C@@H](C)NCc2cnn3ccccc23)cc1. The van der Waals surface area contributed by atoms with Crippen molar-refractivity contribution in [1.29, 1.82) is 0 Å². The molecule has 0 fully saturated rings. The zero-order chi connectivity index (χ0) is 16.9. The highest BCUT2D eigenvalue weighted by Crippen LogP contribution is 2.23. The second-order valence-electron chi connectivity index (χ2n) is 5.80. The average Bonchev–Trinajstić information content (AvgIpc) is 3.04. The number of methoxy groups -OCH3 is 2. The summed E-state index contributed by atoms with van der Waals surface area (Å²) in [7, 11) is 3.41. The van der Waals surface area contributed by atoms with Crippen LogP contribution in [-0.4, -0.2) is 29.9 Å². The molecule has 0 aliphatic heterocycles. The molecular formula is C19H23N3O2. The number of nitrogens with zero attached hydrogens (tertiary/aromatic N) is 2. The number of aromatic nitrogens is 2. The topological polar surface area (TPSA) is 47.8 Å². The van der Waals surface area contributed by atoms with Crippen LogP contribution in [0.15, 0.2) is 54.9 Å². The molecule has 3 rings (SSSR count). The van der Waals surface area contributed by atoms with Gasteiger partial charge in [-0.15, -0.1) is 0 Å². The summed E-state index contributed by atoms with van der Waals surface area (Å²) in [5, 5.41) is 7.92. The van der Waals surface area contributed by atoms with Gasteiger partial charge in [-0.25, -0.2) is 4.52 Å². The third kappa shape index (κ3) is 3.42. The predicted octanol–water partition coefficient (Wildman–Crippen LogP) is 3.21. The Labute approximate surface area is 142 Å². The molecule has 0 amide bonds. The highest BCUT2D eigenvalue weighted by molar-refractivity contribution is 5.53. The smallest absolute Gasteiger partial charge is 0.118 e. The fourth-order valence-electron chi connectivity index (χ4n) is 2.92. The van der Waals surface area contributed by atoms with E-state index in [2.05, 4.69) is 23.4 Å². The van der Waals surface area contributed by atoms with Crippen LogP contribution in [0.1, 0.15) is 24.2 Å². The highest BCUT2D eigenvalue weighted by atomic mass is 16.5. The van der Waals surface area contributed by atoms with Crippen LogP contribution in [0, 0.1) is 0 Å². The van der Waals surface area contributed by atoms with Gasteiger partial charge < -0.3 is 14.8 Å². The number of nitrogens with one attached hydrogen (secondary N) is 1. The van der Waals surface area contributed by atoms with Gasteiger partial charge in [0.15, 0.2) is 0 Å². The molecule has 2 heterocycles. The molecule has 0 saturated carbocycles. The van der Waals surface area contributed by atoms with Gasteiger partial charge in [-0.2, -0.15) is 5.10 Å². The van der Waals surface area contributed by atoms with Gasteiger partial charge >= 0.3 is 0 Å². The molecule has 0 saturated heterocycles. The molecule has 0 unspecified atom stereocenters. The van der Waals surface area contributed by atoms with Gasteiger partial charge in [0.2, 0.25) is 0 Å². The monoisotopic (exact) mass is 325 g/mol. The first kappa shape index (κ1) is 16.5. The summed E-state index contributed by atoms with van der Waals surface area (Å²) in [5.74, 6) is 0.848. The Balaban J connectivity index is 1.69. The first-order chi connectivity index (χ1) is 11.7. The molecule has 126 valence electrons. The molecule has 0 aliphatic rings. The fraction of sp³-hybridized carbons (Fsp3) is 0.316. The van der Waals surface area contributed by atoms with E-state index < -0.39 is 0 Å². The lowest BCUT2D eigenvalue weighted by atomic mass is 10.0. The van der Waals surface area contributed by atoms with E-state index in [4.69, 9.17) is 9.47 Å². The van der Waals surface area contributed by atoms with Crippen molar-refractivity contribution in [3.8, 4) is 5.75 Å². The number of rotatable bonds is 7. The lowest BCUT2D eigenvalue weighted by Gasteiger charge is -2.24. The highest BCUT2D eigenvalue weighted by Gasteiger charge is 2.19. The summed E-state index contributed by atoms with van der Waals surface area (Å²) in [4.78, 5) is 0. The van der Waals surface area contributed by atoms with E-state index >= 15 is 0 Å². The summed E-state index contributed by atoms with van der Waals surface area (Å²) in [6, 6.07) is 14.2. The molecular weight excluding hydrogens is 302 g/mol. The number of hydrogen-bond acceptors (Lipinski definition) is 4. The molecule has 2 aromatic heterocycles. The number of benzene rings is 1. The maximum absolute atomic E-state index is 5.70. The molecule has 0 spiro atoms. The van der Waals surface area contributed by atoms with Crippen molar-refractivity contribution in [3.05, 3.63) is 66.0 Å². The summed E-state index contributed by atoms with van der Waals surface area (Å²) in [6.07, 6.45) is 3.83. The molecule has 5 heteroatoms. The van der Waals surface area contributed by atoms with E-state index in [1.807, 2.05) is 53.3 Å². The van der Waals surface area contributed by atoms with Crippen LogP contribution >= 0.6 is 0 Å². The predicted molar refractivity (Wildman–Crippen MR) is 94.2 cm³/mol. The van der Waals surface area contributed by atoms with Crippen molar-refractivity contribution in [2.45, 2.75) is 25.6 Å². The average molecular weight is 325 g/mol. The fourth-order valence-corrected chi connectivity index (χ4v) is 2.92. The van der Waals surface area contributed by atoms with E-state index in [-0.39, 0.29) is 12.1 Å². The Kier molecular flexibility index (Phi) is 5.13.